The number of nitrogens with zero attached hydrogens (tertiary/aromatic N) is 4. The summed E-state index contributed by atoms with van der Waals surface area (Å²) in [5.74, 6) is 2.37. The minimum Gasteiger partial charge on any atom is -0.338 e. The van der Waals surface area contributed by atoms with E-state index in [1.54, 1.807) is 22.2 Å². The fourth-order valence-electron chi connectivity index (χ4n) is 2.61. The third-order valence-electron chi connectivity index (χ3n) is 4.04. The van der Waals surface area contributed by atoms with Crippen molar-refractivity contribution in [2.75, 3.05) is 0 Å². The van der Waals surface area contributed by atoms with Crippen molar-refractivity contribution in [2.24, 2.45) is 12.8 Å². The molecule has 3 heterocycles. The number of H-pyrrole nitrogens is 1. The highest BCUT2D eigenvalue weighted by atomic mass is 32.1. The Morgan fingerprint density at radius 1 is 1.43 bits per heavy atom. The van der Waals surface area contributed by atoms with Crippen molar-refractivity contribution in [1.82, 2.24) is 24.7 Å². The fraction of sp³-hybridized carbons (Fsp3) is 0.357. The van der Waals surface area contributed by atoms with Gasteiger partial charge in [0.2, 0.25) is 0 Å². The summed E-state index contributed by atoms with van der Waals surface area (Å²) in [6.45, 7) is 0. The van der Waals surface area contributed by atoms with Gasteiger partial charge in [0.05, 0.1) is 16.6 Å². The molecule has 0 atom stereocenters. The number of hydrogen-bond acceptors (Lipinski definition) is 5. The Morgan fingerprint density at radius 2 is 2.29 bits per heavy atom. The first-order valence-electron chi connectivity index (χ1n) is 6.95. The monoisotopic (exact) mass is 300 g/mol. The first-order chi connectivity index (χ1) is 10.2. The second-order valence-corrected chi connectivity index (χ2v) is 6.46. The molecule has 1 saturated carbocycles. The SMILES string of the molecule is Cn1nc(-c2cccs2)nc1-c1cnc(C2(N)CCC2)[nH]1. The molecular formula is C14H16N6S. The zero-order chi connectivity index (χ0) is 14.4. The molecule has 0 unspecified atom stereocenters. The minimum atomic E-state index is -0.284. The highest BCUT2D eigenvalue weighted by Gasteiger charge is 2.37. The molecule has 7 heteroatoms. The number of nitrogens with two attached hydrogens (primary N) is 1. The Labute approximate surface area is 126 Å². The lowest BCUT2D eigenvalue weighted by atomic mass is 9.77. The number of rotatable bonds is 3. The normalized spacial score (nSPS) is 16.9. The number of aryl methyl sites for hydroxylation is 1. The minimum absolute atomic E-state index is 0.284. The number of thiophene rings is 1. The molecule has 0 saturated heterocycles. The molecule has 3 aromatic heterocycles. The molecule has 1 aliphatic rings. The molecule has 108 valence electrons. The van der Waals surface area contributed by atoms with E-state index in [0.29, 0.717) is 0 Å². The molecule has 0 aromatic carbocycles. The van der Waals surface area contributed by atoms with Crippen LogP contribution in [0.2, 0.25) is 0 Å². The van der Waals surface area contributed by atoms with Gasteiger partial charge in [-0.1, -0.05) is 6.07 Å². The molecule has 4 rings (SSSR count). The first-order valence-corrected chi connectivity index (χ1v) is 7.83. The van der Waals surface area contributed by atoms with Crippen LogP contribution in [0.25, 0.3) is 22.2 Å². The molecule has 21 heavy (non-hydrogen) atoms. The van der Waals surface area contributed by atoms with Gasteiger partial charge in [-0.2, -0.15) is 0 Å². The smallest absolute Gasteiger partial charge is 0.191 e. The summed E-state index contributed by atoms with van der Waals surface area (Å²) < 4.78 is 1.77. The van der Waals surface area contributed by atoms with Crippen molar-refractivity contribution in [1.29, 1.82) is 0 Å². The second kappa shape index (κ2) is 4.51. The molecule has 6 nitrogen and oxygen atoms in total. The van der Waals surface area contributed by atoms with Crippen LogP contribution in [0.15, 0.2) is 23.7 Å². The fourth-order valence-corrected chi connectivity index (χ4v) is 3.26. The van der Waals surface area contributed by atoms with E-state index in [9.17, 15) is 0 Å². The van der Waals surface area contributed by atoms with Gasteiger partial charge in [0.25, 0.3) is 0 Å². The van der Waals surface area contributed by atoms with Crippen LogP contribution in [0.4, 0.5) is 0 Å². The van der Waals surface area contributed by atoms with Crippen LogP contribution < -0.4 is 5.73 Å². The summed E-state index contributed by atoms with van der Waals surface area (Å²) in [5, 5.41) is 6.49. The maximum atomic E-state index is 6.30. The van der Waals surface area contributed by atoms with E-state index in [4.69, 9.17) is 5.73 Å². The zero-order valence-electron chi connectivity index (χ0n) is 11.7. The van der Waals surface area contributed by atoms with E-state index < -0.39 is 0 Å². The van der Waals surface area contributed by atoms with E-state index in [2.05, 4.69) is 20.1 Å². The van der Waals surface area contributed by atoms with E-state index in [1.807, 2.05) is 24.6 Å². The summed E-state index contributed by atoms with van der Waals surface area (Å²) in [7, 11) is 1.89. The van der Waals surface area contributed by atoms with Crippen LogP contribution in [0.5, 0.6) is 0 Å². The third kappa shape index (κ3) is 2.00. The summed E-state index contributed by atoms with van der Waals surface area (Å²) in [6, 6.07) is 4.02. The quantitative estimate of drug-likeness (QED) is 0.777. The van der Waals surface area contributed by atoms with Crippen LogP contribution in [-0.2, 0) is 12.6 Å². The molecule has 3 aromatic rings. The van der Waals surface area contributed by atoms with Crippen molar-refractivity contribution < 1.29 is 0 Å². The average Bonchev–Trinajstić information content (AvgIpc) is 3.15. The number of hydrogen-bond donors (Lipinski definition) is 2. The van der Waals surface area contributed by atoms with Crippen molar-refractivity contribution in [2.45, 2.75) is 24.8 Å². The molecule has 1 fully saturated rings. The Hall–Kier alpha value is -1.99. The number of aromatic nitrogens is 5. The largest absolute Gasteiger partial charge is 0.338 e. The van der Waals surface area contributed by atoms with Gasteiger partial charge >= 0.3 is 0 Å². The second-order valence-electron chi connectivity index (χ2n) is 5.52. The van der Waals surface area contributed by atoms with Crippen LogP contribution in [-0.4, -0.2) is 24.7 Å². The Bertz CT molecular complexity index is 765. The highest BCUT2D eigenvalue weighted by Crippen LogP contribution is 2.37. The molecule has 0 spiro atoms. The Kier molecular flexibility index (Phi) is 2.73. The van der Waals surface area contributed by atoms with Crippen molar-refractivity contribution >= 4 is 11.3 Å². The first kappa shape index (κ1) is 12.7. The van der Waals surface area contributed by atoms with Crippen molar-refractivity contribution in [3.8, 4) is 22.2 Å². The third-order valence-corrected chi connectivity index (χ3v) is 4.90. The van der Waals surface area contributed by atoms with E-state index >= 15 is 0 Å². The molecule has 1 aliphatic carbocycles. The van der Waals surface area contributed by atoms with Crippen LogP contribution in [0.3, 0.4) is 0 Å². The molecule has 3 N–H and O–H groups in total. The number of imidazole rings is 1. The lowest BCUT2D eigenvalue weighted by Crippen LogP contribution is -2.44. The zero-order valence-corrected chi connectivity index (χ0v) is 12.5. The highest BCUT2D eigenvalue weighted by molar-refractivity contribution is 7.13. The maximum absolute atomic E-state index is 6.30. The summed E-state index contributed by atoms with van der Waals surface area (Å²) in [5.41, 5.74) is 6.88. The van der Waals surface area contributed by atoms with Gasteiger partial charge in [-0.25, -0.2) is 14.6 Å². The molecule has 0 radical (unpaired) electrons. The van der Waals surface area contributed by atoms with Crippen molar-refractivity contribution in [3.63, 3.8) is 0 Å². The average molecular weight is 300 g/mol. The summed E-state index contributed by atoms with van der Waals surface area (Å²) in [4.78, 5) is 13.4. The van der Waals surface area contributed by atoms with Crippen molar-refractivity contribution in [3.05, 3.63) is 29.5 Å². The van der Waals surface area contributed by atoms with Gasteiger partial charge < -0.3 is 10.7 Å². The van der Waals surface area contributed by atoms with Crippen LogP contribution in [0.1, 0.15) is 25.1 Å². The lowest BCUT2D eigenvalue weighted by Gasteiger charge is -2.35. The van der Waals surface area contributed by atoms with Gasteiger partial charge in [-0.05, 0) is 30.7 Å². The molecule has 0 amide bonds. The number of nitrogens with one attached hydrogen (secondary N) is 1. The molecular weight excluding hydrogens is 284 g/mol. The molecule has 0 bridgehead atoms. The van der Waals surface area contributed by atoms with Crippen LogP contribution in [0, 0.1) is 0 Å². The Balaban J connectivity index is 1.71. The van der Waals surface area contributed by atoms with Gasteiger partial charge in [0, 0.05) is 7.05 Å². The predicted octanol–water partition coefficient (Wildman–Crippen LogP) is 2.27. The maximum Gasteiger partial charge on any atom is 0.191 e. The topological polar surface area (TPSA) is 85.4 Å². The van der Waals surface area contributed by atoms with Gasteiger partial charge in [0.1, 0.15) is 11.5 Å². The van der Waals surface area contributed by atoms with Gasteiger partial charge in [0.15, 0.2) is 11.6 Å². The summed E-state index contributed by atoms with van der Waals surface area (Å²) >= 11 is 1.63. The predicted molar refractivity (Wildman–Crippen MR) is 81.6 cm³/mol. The van der Waals surface area contributed by atoms with E-state index in [0.717, 1.165) is 40.9 Å². The summed E-state index contributed by atoms with van der Waals surface area (Å²) in [6.07, 6.45) is 4.93. The van der Waals surface area contributed by atoms with E-state index in [-0.39, 0.29) is 5.54 Å². The standard InChI is InChI=1S/C14H16N6S/c1-20-12(18-11(19-20)10-4-2-7-21-10)9-8-16-13(17-9)14(15)5-3-6-14/h2,4,7-8H,3,5-6,15H2,1H3,(H,16,17). The molecule has 0 aliphatic heterocycles. The number of aromatic amines is 1. The van der Waals surface area contributed by atoms with Gasteiger partial charge in [-0.3, -0.25) is 0 Å². The van der Waals surface area contributed by atoms with Crippen LogP contribution >= 0.6 is 11.3 Å². The Morgan fingerprint density at radius 3 is 2.95 bits per heavy atom. The van der Waals surface area contributed by atoms with Gasteiger partial charge in [-0.15, -0.1) is 16.4 Å². The lowest BCUT2D eigenvalue weighted by molar-refractivity contribution is 0.240. The van der Waals surface area contributed by atoms with E-state index in [1.165, 1.54) is 6.42 Å².